The van der Waals surface area contributed by atoms with Crippen LogP contribution in [-0.4, -0.2) is 30.4 Å². The van der Waals surface area contributed by atoms with E-state index in [1.54, 1.807) is 18.2 Å². The summed E-state index contributed by atoms with van der Waals surface area (Å²) in [5.74, 6) is 0.238. The first-order valence-corrected chi connectivity index (χ1v) is 9.19. The fourth-order valence-electron chi connectivity index (χ4n) is 2.55. The lowest BCUT2D eigenvalue weighted by Crippen LogP contribution is -2.19. The molecule has 1 saturated heterocycles. The van der Waals surface area contributed by atoms with Gasteiger partial charge in [-0.3, -0.25) is 4.79 Å². The summed E-state index contributed by atoms with van der Waals surface area (Å²) in [5.41, 5.74) is 2.69. The van der Waals surface area contributed by atoms with Gasteiger partial charge in [-0.15, -0.1) is 0 Å². The number of benzene rings is 2. The van der Waals surface area contributed by atoms with E-state index >= 15 is 0 Å². The van der Waals surface area contributed by atoms with E-state index in [-0.39, 0.29) is 23.2 Å². The molecule has 140 valence electrons. The molecule has 0 aliphatic carbocycles. The number of nitrogens with one attached hydrogen (secondary N) is 1. The summed E-state index contributed by atoms with van der Waals surface area (Å²) >= 11 is 1.26. The van der Waals surface area contributed by atoms with Crippen LogP contribution in [0.4, 0.5) is 5.69 Å². The van der Waals surface area contributed by atoms with Crippen LogP contribution in [0.3, 0.4) is 0 Å². The minimum absolute atomic E-state index is 0.0801. The maximum atomic E-state index is 12.3. The van der Waals surface area contributed by atoms with Crippen molar-refractivity contribution in [3.8, 4) is 17.2 Å². The Morgan fingerprint density at radius 2 is 1.78 bits per heavy atom. The molecule has 2 N–H and O–H groups in total. The normalized spacial score (nSPS) is 16.6. The molecular formula is C20H20N2O4S. The fourth-order valence-corrected chi connectivity index (χ4v) is 3.39. The number of carbonyl (C=O) groups is 1. The lowest BCUT2D eigenvalue weighted by Gasteiger charge is -2.09. The summed E-state index contributed by atoms with van der Waals surface area (Å²) in [5, 5.41) is 13.3. The van der Waals surface area contributed by atoms with Crippen LogP contribution in [0, 0.1) is 0 Å². The van der Waals surface area contributed by atoms with Crippen LogP contribution >= 0.6 is 11.8 Å². The van der Waals surface area contributed by atoms with Crippen LogP contribution in [0.15, 0.2) is 46.3 Å². The zero-order chi connectivity index (χ0) is 19.4. The molecule has 0 unspecified atom stereocenters. The molecule has 27 heavy (non-hydrogen) atoms. The van der Waals surface area contributed by atoms with Gasteiger partial charge in [-0.1, -0.05) is 19.1 Å². The number of amidine groups is 1. The molecular weight excluding hydrogens is 364 g/mol. The summed E-state index contributed by atoms with van der Waals surface area (Å²) in [6, 6.07) is 11.2. The van der Waals surface area contributed by atoms with Crippen LogP contribution in [-0.2, 0) is 11.2 Å². The van der Waals surface area contributed by atoms with Crippen LogP contribution in [0.2, 0.25) is 0 Å². The van der Waals surface area contributed by atoms with Crippen molar-refractivity contribution in [1.29, 1.82) is 0 Å². The number of aryl methyl sites for hydroxylation is 1. The molecule has 3 rings (SSSR count). The van der Waals surface area contributed by atoms with Crippen LogP contribution in [0.5, 0.6) is 17.2 Å². The van der Waals surface area contributed by atoms with E-state index < -0.39 is 0 Å². The number of ether oxygens (including phenoxy) is 2. The number of thioether (sulfide) groups is 1. The van der Waals surface area contributed by atoms with Crippen LogP contribution in [0.1, 0.15) is 18.1 Å². The smallest absolute Gasteiger partial charge is 0.264 e. The summed E-state index contributed by atoms with van der Waals surface area (Å²) in [6.07, 6.45) is 2.67. The molecule has 2 aromatic rings. The number of carbonyl (C=O) groups excluding carboxylic acids is 1. The van der Waals surface area contributed by atoms with Gasteiger partial charge in [0.25, 0.3) is 5.91 Å². The van der Waals surface area contributed by atoms with Gasteiger partial charge in [0.15, 0.2) is 16.7 Å². The molecule has 2 aromatic carbocycles. The highest BCUT2D eigenvalue weighted by Crippen LogP contribution is 2.38. The molecule has 1 aliphatic rings. The number of methoxy groups -OCH3 is 2. The number of amides is 1. The Morgan fingerprint density at radius 1 is 1.15 bits per heavy atom. The molecule has 6 nitrogen and oxygen atoms in total. The Hall–Kier alpha value is -2.93. The predicted molar refractivity (Wildman–Crippen MR) is 108 cm³/mol. The molecule has 1 amide bonds. The Balaban J connectivity index is 1.85. The monoisotopic (exact) mass is 384 g/mol. The van der Waals surface area contributed by atoms with E-state index in [4.69, 9.17) is 9.47 Å². The first kappa shape index (κ1) is 18.8. The largest absolute Gasteiger partial charge is 0.502 e. The Labute approximate surface area is 161 Å². The van der Waals surface area contributed by atoms with Gasteiger partial charge in [-0.25, -0.2) is 4.99 Å². The highest BCUT2D eigenvalue weighted by Gasteiger charge is 2.24. The topological polar surface area (TPSA) is 80.2 Å². The molecule has 0 atom stereocenters. The molecule has 0 spiro atoms. The van der Waals surface area contributed by atoms with E-state index in [0.717, 1.165) is 12.1 Å². The zero-order valence-electron chi connectivity index (χ0n) is 15.3. The third kappa shape index (κ3) is 4.25. The summed E-state index contributed by atoms with van der Waals surface area (Å²) in [6.45, 7) is 2.10. The van der Waals surface area contributed by atoms with E-state index in [0.29, 0.717) is 15.6 Å². The maximum Gasteiger partial charge on any atom is 0.264 e. The van der Waals surface area contributed by atoms with Crippen molar-refractivity contribution in [2.24, 2.45) is 4.99 Å². The van der Waals surface area contributed by atoms with Gasteiger partial charge in [0.1, 0.15) is 0 Å². The van der Waals surface area contributed by atoms with E-state index in [1.165, 1.54) is 31.5 Å². The highest BCUT2D eigenvalue weighted by molar-refractivity contribution is 8.18. The summed E-state index contributed by atoms with van der Waals surface area (Å²) in [7, 11) is 2.91. The van der Waals surface area contributed by atoms with Gasteiger partial charge in [-0.05, 0) is 59.7 Å². The minimum atomic E-state index is -0.227. The lowest BCUT2D eigenvalue weighted by molar-refractivity contribution is -0.115. The number of nitrogens with zero attached hydrogens (tertiary/aromatic N) is 1. The molecule has 0 aromatic heterocycles. The Bertz CT molecular complexity index is 895. The second-order valence-electron chi connectivity index (χ2n) is 5.78. The van der Waals surface area contributed by atoms with Crippen molar-refractivity contribution in [3.63, 3.8) is 0 Å². The van der Waals surface area contributed by atoms with Gasteiger partial charge >= 0.3 is 0 Å². The van der Waals surface area contributed by atoms with Gasteiger partial charge in [0.05, 0.1) is 24.8 Å². The van der Waals surface area contributed by atoms with Gasteiger partial charge in [-0.2, -0.15) is 0 Å². The minimum Gasteiger partial charge on any atom is -0.502 e. The predicted octanol–water partition coefficient (Wildman–Crippen LogP) is 3.86. The average molecular weight is 384 g/mol. The molecule has 0 radical (unpaired) electrons. The van der Waals surface area contributed by atoms with Crippen molar-refractivity contribution >= 4 is 34.6 Å². The van der Waals surface area contributed by atoms with Crippen LogP contribution in [0.25, 0.3) is 6.08 Å². The SMILES string of the molecule is CCc1ccc(N=C2NC(=O)C(=Cc3cc(OC)c(O)c(OC)c3)S2)cc1. The number of aliphatic imine (C=N–C) groups is 1. The molecule has 1 aliphatic heterocycles. The maximum absolute atomic E-state index is 12.3. The van der Waals surface area contributed by atoms with Gasteiger partial charge < -0.3 is 19.9 Å². The van der Waals surface area contributed by atoms with Gasteiger partial charge in [0, 0.05) is 0 Å². The molecule has 0 bridgehead atoms. The standard InChI is InChI=1S/C20H20N2O4S/c1-4-12-5-7-14(8-6-12)21-20-22-19(24)17(27-20)11-13-9-15(25-2)18(23)16(10-13)26-3/h5-11,23H,4H2,1-3H3,(H,21,22,24). The number of hydrogen-bond acceptors (Lipinski definition) is 6. The first-order valence-electron chi connectivity index (χ1n) is 8.37. The second kappa shape index (κ2) is 8.18. The van der Waals surface area contributed by atoms with Crippen molar-refractivity contribution in [2.45, 2.75) is 13.3 Å². The van der Waals surface area contributed by atoms with Crippen molar-refractivity contribution < 1.29 is 19.4 Å². The third-order valence-electron chi connectivity index (χ3n) is 4.03. The van der Waals surface area contributed by atoms with Crippen molar-refractivity contribution in [1.82, 2.24) is 5.32 Å². The average Bonchev–Trinajstić information content (AvgIpc) is 3.02. The molecule has 7 heteroatoms. The third-order valence-corrected chi connectivity index (χ3v) is 4.94. The van der Waals surface area contributed by atoms with E-state index in [2.05, 4.69) is 17.2 Å². The molecule has 0 saturated carbocycles. The highest BCUT2D eigenvalue weighted by atomic mass is 32.2. The Morgan fingerprint density at radius 3 is 2.33 bits per heavy atom. The molecule has 1 fully saturated rings. The molecule has 1 heterocycles. The van der Waals surface area contributed by atoms with E-state index in [9.17, 15) is 9.90 Å². The van der Waals surface area contributed by atoms with E-state index in [1.807, 2.05) is 24.3 Å². The Kier molecular flexibility index (Phi) is 5.71. The number of phenolic OH excluding ortho intramolecular Hbond substituents is 1. The fraction of sp³-hybridized carbons (Fsp3) is 0.200. The number of phenols is 1. The number of rotatable bonds is 5. The lowest BCUT2D eigenvalue weighted by atomic mass is 10.1. The summed E-state index contributed by atoms with van der Waals surface area (Å²) in [4.78, 5) is 17.2. The summed E-state index contributed by atoms with van der Waals surface area (Å²) < 4.78 is 10.3. The second-order valence-corrected chi connectivity index (χ2v) is 6.81. The van der Waals surface area contributed by atoms with Crippen molar-refractivity contribution in [3.05, 3.63) is 52.4 Å². The number of aromatic hydroxyl groups is 1. The van der Waals surface area contributed by atoms with Gasteiger partial charge in [0.2, 0.25) is 5.75 Å². The zero-order valence-corrected chi connectivity index (χ0v) is 16.1. The van der Waals surface area contributed by atoms with Crippen LogP contribution < -0.4 is 14.8 Å². The number of hydrogen-bond donors (Lipinski definition) is 2. The quantitative estimate of drug-likeness (QED) is 0.765. The van der Waals surface area contributed by atoms with Crippen molar-refractivity contribution in [2.75, 3.05) is 14.2 Å². The first-order chi connectivity index (χ1) is 13.0.